The number of likely N-dealkylation sites (N-methyl/N-ethyl adjacent to an activating group) is 1. The van der Waals surface area contributed by atoms with Gasteiger partial charge in [0.15, 0.2) is 5.69 Å². The summed E-state index contributed by atoms with van der Waals surface area (Å²) < 4.78 is 40.3. The van der Waals surface area contributed by atoms with Crippen molar-refractivity contribution in [3.05, 3.63) is 18.1 Å². The highest BCUT2D eigenvalue weighted by atomic mass is 19.4. The van der Waals surface area contributed by atoms with Crippen LogP contribution in [0.15, 0.2) is 12.4 Å². The van der Waals surface area contributed by atoms with Crippen molar-refractivity contribution in [1.29, 1.82) is 0 Å². The number of piperazine rings is 1. The smallest absolute Gasteiger partial charge is 0.366 e. The molecule has 2 aromatic heterocycles. The molecule has 1 saturated heterocycles. The monoisotopic (exact) mass is 343 g/mol. The first-order valence-corrected chi connectivity index (χ1v) is 7.78. The molecule has 1 aliphatic heterocycles. The number of hydrogen-bond acceptors (Lipinski definition) is 6. The van der Waals surface area contributed by atoms with Gasteiger partial charge in [0.25, 0.3) is 5.78 Å². The van der Waals surface area contributed by atoms with E-state index >= 15 is 0 Å². The van der Waals surface area contributed by atoms with Crippen molar-refractivity contribution in [3.63, 3.8) is 0 Å². The molecule has 132 valence electrons. The van der Waals surface area contributed by atoms with E-state index < -0.39 is 11.9 Å². The molecular formula is C14H20F3N7. The van der Waals surface area contributed by atoms with Crippen molar-refractivity contribution in [2.24, 2.45) is 0 Å². The van der Waals surface area contributed by atoms with Crippen LogP contribution in [0.2, 0.25) is 0 Å². The van der Waals surface area contributed by atoms with Crippen LogP contribution in [-0.4, -0.2) is 75.2 Å². The quantitative estimate of drug-likeness (QED) is 0.900. The second kappa shape index (κ2) is 6.52. The lowest BCUT2D eigenvalue weighted by Crippen LogP contribution is -2.47. The van der Waals surface area contributed by atoms with E-state index in [1.54, 1.807) is 0 Å². The summed E-state index contributed by atoms with van der Waals surface area (Å²) in [5, 5.41) is 7.05. The lowest BCUT2D eigenvalue weighted by atomic mass is 10.2. The third kappa shape index (κ3) is 3.75. The zero-order valence-electron chi connectivity index (χ0n) is 13.6. The Balaban J connectivity index is 1.75. The fraction of sp³-hybridized carbons (Fsp3) is 0.643. The lowest BCUT2D eigenvalue weighted by Gasteiger charge is -2.34. The van der Waals surface area contributed by atoms with Gasteiger partial charge in [0.1, 0.15) is 12.1 Å². The zero-order valence-corrected chi connectivity index (χ0v) is 13.6. The second-order valence-corrected chi connectivity index (χ2v) is 6.15. The Bertz CT molecular complexity index is 691. The number of rotatable bonds is 4. The number of alkyl halides is 3. The van der Waals surface area contributed by atoms with E-state index in [0.29, 0.717) is 0 Å². The SMILES string of the molecule is CC(CN1CCN(C)CC1)Nc1cc(C(F)(F)F)nc2ncnn12. The second-order valence-electron chi connectivity index (χ2n) is 6.15. The van der Waals surface area contributed by atoms with Gasteiger partial charge in [-0.05, 0) is 14.0 Å². The average molecular weight is 343 g/mol. The van der Waals surface area contributed by atoms with Crippen LogP contribution in [0.25, 0.3) is 5.78 Å². The molecule has 2 aromatic rings. The molecule has 0 radical (unpaired) electrons. The summed E-state index contributed by atoms with van der Waals surface area (Å²) in [6.07, 6.45) is -3.33. The molecular weight excluding hydrogens is 323 g/mol. The van der Waals surface area contributed by atoms with Gasteiger partial charge in [-0.25, -0.2) is 4.98 Å². The van der Waals surface area contributed by atoms with Gasteiger partial charge in [0.2, 0.25) is 0 Å². The Morgan fingerprint density at radius 2 is 1.96 bits per heavy atom. The van der Waals surface area contributed by atoms with Gasteiger partial charge >= 0.3 is 6.18 Å². The van der Waals surface area contributed by atoms with E-state index in [1.165, 1.54) is 10.8 Å². The first-order chi connectivity index (χ1) is 11.3. The first-order valence-electron chi connectivity index (χ1n) is 7.78. The third-order valence-electron chi connectivity index (χ3n) is 4.06. The minimum atomic E-state index is -4.52. The summed E-state index contributed by atoms with van der Waals surface area (Å²) in [6, 6.07) is 0.937. The van der Waals surface area contributed by atoms with Gasteiger partial charge in [0, 0.05) is 44.8 Å². The highest BCUT2D eigenvalue weighted by Gasteiger charge is 2.34. The van der Waals surface area contributed by atoms with Gasteiger partial charge in [-0.3, -0.25) is 4.90 Å². The fourth-order valence-electron chi connectivity index (χ4n) is 2.78. The van der Waals surface area contributed by atoms with Crippen molar-refractivity contribution >= 4 is 11.6 Å². The van der Waals surface area contributed by atoms with Gasteiger partial charge in [-0.1, -0.05) is 0 Å². The predicted octanol–water partition coefficient (Wildman–Crippen LogP) is 1.19. The lowest BCUT2D eigenvalue weighted by molar-refractivity contribution is -0.141. The van der Waals surface area contributed by atoms with E-state index in [0.717, 1.165) is 38.8 Å². The van der Waals surface area contributed by atoms with Crippen molar-refractivity contribution < 1.29 is 13.2 Å². The van der Waals surface area contributed by atoms with E-state index in [4.69, 9.17) is 0 Å². The van der Waals surface area contributed by atoms with Crippen LogP contribution < -0.4 is 5.32 Å². The highest BCUT2D eigenvalue weighted by molar-refractivity contribution is 5.46. The maximum Gasteiger partial charge on any atom is 0.433 e. The molecule has 0 saturated carbocycles. The standard InChI is InChI=1S/C14H20F3N7/c1-10(8-23-5-3-22(2)4-6-23)20-12-7-11(14(15,16)17)21-13-18-9-19-24(12)13/h7,9-10,20H,3-6,8H2,1-2H3. The Labute approximate surface area is 137 Å². The molecule has 0 aliphatic carbocycles. The molecule has 7 nitrogen and oxygen atoms in total. The Kier molecular flexibility index (Phi) is 4.59. The predicted molar refractivity (Wildman–Crippen MR) is 82.8 cm³/mol. The molecule has 10 heteroatoms. The molecule has 24 heavy (non-hydrogen) atoms. The molecule has 0 bridgehead atoms. The molecule has 1 N–H and O–H groups in total. The van der Waals surface area contributed by atoms with Crippen LogP contribution in [-0.2, 0) is 6.18 Å². The largest absolute Gasteiger partial charge is 0.433 e. The molecule has 1 fully saturated rings. The average Bonchev–Trinajstić information content (AvgIpc) is 2.97. The molecule has 0 aromatic carbocycles. The first kappa shape index (κ1) is 16.9. The van der Waals surface area contributed by atoms with Gasteiger partial charge in [-0.2, -0.15) is 27.8 Å². The van der Waals surface area contributed by atoms with E-state index in [-0.39, 0.29) is 17.6 Å². The maximum absolute atomic E-state index is 13.0. The summed E-state index contributed by atoms with van der Waals surface area (Å²) in [5.74, 6) is 0.172. The zero-order chi connectivity index (χ0) is 17.3. The van der Waals surface area contributed by atoms with Crippen LogP contribution >= 0.6 is 0 Å². The summed E-state index contributed by atoms with van der Waals surface area (Å²) in [5.41, 5.74) is -0.975. The Morgan fingerprint density at radius 1 is 1.25 bits per heavy atom. The highest BCUT2D eigenvalue weighted by Crippen LogP contribution is 2.29. The fourth-order valence-corrected chi connectivity index (χ4v) is 2.78. The molecule has 1 unspecified atom stereocenters. The molecule has 3 rings (SSSR count). The summed E-state index contributed by atoms with van der Waals surface area (Å²) >= 11 is 0. The number of aromatic nitrogens is 4. The number of nitrogens with one attached hydrogen (secondary N) is 1. The minimum Gasteiger partial charge on any atom is -0.366 e. The van der Waals surface area contributed by atoms with Crippen LogP contribution in [0.3, 0.4) is 0 Å². The summed E-state index contributed by atoms with van der Waals surface area (Å²) in [7, 11) is 2.08. The number of hydrogen-bond donors (Lipinski definition) is 1. The number of anilines is 1. The van der Waals surface area contributed by atoms with Crippen LogP contribution in [0.5, 0.6) is 0 Å². The summed E-state index contributed by atoms with van der Waals surface area (Å²) in [6.45, 7) is 6.57. The van der Waals surface area contributed by atoms with Gasteiger partial charge in [0.05, 0.1) is 0 Å². The number of nitrogens with zero attached hydrogens (tertiary/aromatic N) is 6. The third-order valence-corrected chi connectivity index (χ3v) is 4.06. The van der Waals surface area contributed by atoms with Crippen molar-refractivity contribution in [2.75, 3.05) is 45.1 Å². The molecule has 0 spiro atoms. The molecule has 0 amide bonds. The van der Waals surface area contributed by atoms with Gasteiger partial charge < -0.3 is 10.2 Å². The number of fused-ring (bicyclic) bond motifs is 1. The Morgan fingerprint density at radius 3 is 2.62 bits per heavy atom. The van der Waals surface area contributed by atoms with E-state index in [9.17, 15) is 13.2 Å². The molecule has 1 atom stereocenters. The van der Waals surface area contributed by atoms with Crippen molar-refractivity contribution in [1.82, 2.24) is 29.4 Å². The summed E-state index contributed by atoms with van der Waals surface area (Å²) in [4.78, 5) is 11.8. The molecule has 1 aliphatic rings. The minimum absolute atomic E-state index is 0.0377. The molecule has 3 heterocycles. The van der Waals surface area contributed by atoms with E-state index in [2.05, 4.69) is 37.2 Å². The Hall–Kier alpha value is -1.94. The maximum atomic E-state index is 13.0. The topological polar surface area (TPSA) is 61.6 Å². The van der Waals surface area contributed by atoms with Crippen LogP contribution in [0, 0.1) is 0 Å². The number of halogens is 3. The van der Waals surface area contributed by atoms with Gasteiger partial charge in [-0.15, -0.1) is 0 Å². The van der Waals surface area contributed by atoms with Crippen LogP contribution in [0.1, 0.15) is 12.6 Å². The van der Waals surface area contributed by atoms with Crippen LogP contribution in [0.4, 0.5) is 19.0 Å². The van der Waals surface area contributed by atoms with Crippen molar-refractivity contribution in [2.45, 2.75) is 19.1 Å². The van der Waals surface area contributed by atoms with E-state index in [1.807, 2.05) is 6.92 Å². The van der Waals surface area contributed by atoms with Crippen molar-refractivity contribution in [3.8, 4) is 0 Å². The normalized spacial score (nSPS) is 18.9.